The molecule has 0 unspecified atom stereocenters. The van der Waals surface area contributed by atoms with Crippen molar-refractivity contribution in [1.82, 2.24) is 0 Å². The Bertz CT molecular complexity index is 31.8. The van der Waals surface area contributed by atoms with E-state index in [4.69, 9.17) is 9.90 Å². The van der Waals surface area contributed by atoms with Gasteiger partial charge in [0, 0.05) is 6.92 Å². The summed E-state index contributed by atoms with van der Waals surface area (Å²) < 4.78 is 0. The Balaban J connectivity index is 0. The standard InChI is InChI=1S/C2H4O2.CH3.Sn.H/c1-2(3)4;;;/h1H3,(H,3,4);1H3;;. The van der Waals surface area contributed by atoms with Crippen molar-refractivity contribution in [2.24, 2.45) is 0 Å². The molecule has 0 amide bonds. The molecule has 6 heavy (non-hydrogen) atoms. The van der Waals surface area contributed by atoms with E-state index in [0.29, 0.717) is 0 Å². The summed E-state index contributed by atoms with van der Waals surface area (Å²) in [6.45, 7) is 1.08. The van der Waals surface area contributed by atoms with Gasteiger partial charge < -0.3 is 5.11 Å². The molecule has 0 fully saturated rings. The summed E-state index contributed by atoms with van der Waals surface area (Å²) in [5.74, 6) is -0.833. The minimum atomic E-state index is -0.833. The van der Waals surface area contributed by atoms with Gasteiger partial charge in [-0.2, -0.15) is 0 Å². The molecule has 0 aliphatic carbocycles. The molecule has 1 N–H and O–H groups in total. The number of rotatable bonds is 0. The first-order valence-electron chi connectivity index (χ1n) is 1.51. The van der Waals surface area contributed by atoms with E-state index in [9.17, 15) is 0 Å². The Labute approximate surface area is 50.6 Å². The first-order valence-corrected chi connectivity index (χ1v) is 4.80. The van der Waals surface area contributed by atoms with E-state index in [2.05, 4.69) is 4.94 Å². The van der Waals surface area contributed by atoms with Gasteiger partial charge in [0.25, 0.3) is 5.97 Å². The van der Waals surface area contributed by atoms with Crippen LogP contribution >= 0.6 is 0 Å². The van der Waals surface area contributed by atoms with Gasteiger partial charge in [0.2, 0.25) is 0 Å². The van der Waals surface area contributed by atoms with Gasteiger partial charge in [-0.25, -0.2) is 0 Å². The van der Waals surface area contributed by atoms with Crippen LogP contribution in [0.15, 0.2) is 0 Å². The van der Waals surface area contributed by atoms with E-state index in [1.165, 1.54) is 22.5 Å². The Kier molecular flexibility index (Phi) is 14.3. The number of aliphatic carboxylic acids is 1. The molecule has 0 saturated carbocycles. The molecule has 0 aromatic carbocycles. The van der Waals surface area contributed by atoms with Gasteiger partial charge in [0.15, 0.2) is 0 Å². The van der Waals surface area contributed by atoms with Crippen molar-refractivity contribution < 1.29 is 9.90 Å². The van der Waals surface area contributed by atoms with Gasteiger partial charge in [-0.1, -0.05) is 0 Å². The van der Waals surface area contributed by atoms with E-state index in [-0.39, 0.29) is 0 Å². The third-order valence-corrected chi connectivity index (χ3v) is 0. The second-order valence-corrected chi connectivity index (χ2v) is 0.519. The Hall–Kier alpha value is 0.269. The first kappa shape index (κ1) is 9.55. The molecule has 0 aliphatic rings. The number of carboxylic acid groups (broad SMARTS) is 1. The van der Waals surface area contributed by atoms with Crippen LogP contribution in [0, 0.1) is 0 Å². The summed E-state index contributed by atoms with van der Waals surface area (Å²) in [5, 5.41) is 7.42. The van der Waals surface area contributed by atoms with Crippen LogP contribution in [0.1, 0.15) is 6.92 Å². The van der Waals surface area contributed by atoms with Gasteiger partial charge in [0.1, 0.15) is 0 Å². The quantitative estimate of drug-likeness (QED) is 0.553. The van der Waals surface area contributed by atoms with Gasteiger partial charge in [0.05, 0.1) is 0 Å². The molecule has 0 aromatic heterocycles. The molecule has 0 aliphatic heterocycles. The van der Waals surface area contributed by atoms with Crippen molar-refractivity contribution in [3.05, 3.63) is 0 Å². The normalized spacial score (nSPS) is 5.17. The minimum absolute atomic E-state index is 0.833. The molecule has 36 valence electrons. The predicted octanol–water partition coefficient (Wildman–Crippen LogP) is 0.0262. The summed E-state index contributed by atoms with van der Waals surface area (Å²) in [6.07, 6.45) is 0. The van der Waals surface area contributed by atoms with E-state index < -0.39 is 5.97 Å². The SMILES string of the molecule is CC(=O)O.[CH3][SnH]. The monoisotopic (exact) mass is 196 g/mol. The molecule has 0 heterocycles. The summed E-state index contributed by atoms with van der Waals surface area (Å²) >= 11 is 1.35. The number of hydrogen-bond acceptors (Lipinski definition) is 1. The van der Waals surface area contributed by atoms with Gasteiger partial charge in [-0.15, -0.1) is 0 Å². The van der Waals surface area contributed by atoms with Crippen molar-refractivity contribution in [2.45, 2.75) is 11.9 Å². The fraction of sp³-hybridized carbons (Fsp3) is 0.667. The second kappa shape index (κ2) is 8.99. The summed E-state index contributed by atoms with van der Waals surface area (Å²) in [7, 11) is 0. The van der Waals surface area contributed by atoms with E-state index in [1.54, 1.807) is 0 Å². The Morgan fingerprint density at radius 3 is 1.67 bits per heavy atom. The molecule has 0 rings (SSSR count). The van der Waals surface area contributed by atoms with Crippen molar-refractivity contribution in [1.29, 1.82) is 0 Å². The van der Waals surface area contributed by atoms with Crippen molar-refractivity contribution in [3.63, 3.8) is 0 Å². The van der Waals surface area contributed by atoms with Crippen LogP contribution in [0.4, 0.5) is 0 Å². The number of hydrogen-bond donors (Lipinski definition) is 1. The van der Waals surface area contributed by atoms with Crippen LogP contribution in [0.3, 0.4) is 0 Å². The van der Waals surface area contributed by atoms with Gasteiger partial charge >= 0.3 is 27.5 Å². The van der Waals surface area contributed by atoms with Crippen LogP contribution in [-0.4, -0.2) is 33.6 Å². The molecule has 2 radical (unpaired) electrons. The fourth-order valence-corrected chi connectivity index (χ4v) is 0. The van der Waals surface area contributed by atoms with Crippen LogP contribution in [0.5, 0.6) is 0 Å². The maximum atomic E-state index is 9.00. The average Bonchev–Trinajstić information content (AvgIpc) is 1.41. The predicted molar refractivity (Wildman–Crippen MR) is 26.3 cm³/mol. The zero-order chi connectivity index (χ0) is 5.58. The third-order valence-electron chi connectivity index (χ3n) is 0. The molecule has 0 spiro atoms. The van der Waals surface area contributed by atoms with E-state index in [1.807, 2.05) is 0 Å². The molecular formula is C3H8O2Sn. The zero-order valence-electron chi connectivity index (χ0n) is 3.93. The van der Waals surface area contributed by atoms with Gasteiger partial charge in [-0.05, 0) is 0 Å². The Morgan fingerprint density at radius 2 is 1.67 bits per heavy atom. The van der Waals surface area contributed by atoms with E-state index >= 15 is 0 Å². The topological polar surface area (TPSA) is 37.3 Å². The second-order valence-electron chi connectivity index (χ2n) is 0.519. The summed E-state index contributed by atoms with van der Waals surface area (Å²) in [6, 6.07) is 0. The number of carbonyl (C=O) groups is 1. The molecular weight excluding hydrogens is 187 g/mol. The van der Waals surface area contributed by atoms with Crippen LogP contribution < -0.4 is 0 Å². The molecule has 3 heteroatoms. The van der Waals surface area contributed by atoms with Crippen LogP contribution in [-0.2, 0) is 4.79 Å². The van der Waals surface area contributed by atoms with Crippen LogP contribution in [0.2, 0.25) is 4.94 Å². The van der Waals surface area contributed by atoms with Gasteiger partial charge in [-0.3, -0.25) is 4.79 Å². The average molecular weight is 195 g/mol. The maximum absolute atomic E-state index is 9.00. The van der Waals surface area contributed by atoms with E-state index in [0.717, 1.165) is 6.92 Å². The third kappa shape index (κ3) is 632. The van der Waals surface area contributed by atoms with Crippen molar-refractivity contribution in [3.8, 4) is 0 Å². The zero-order valence-corrected chi connectivity index (χ0v) is 7.23. The molecule has 2 nitrogen and oxygen atoms in total. The molecule has 0 saturated heterocycles. The Morgan fingerprint density at radius 1 is 1.67 bits per heavy atom. The summed E-state index contributed by atoms with van der Waals surface area (Å²) in [4.78, 5) is 11.1. The summed E-state index contributed by atoms with van der Waals surface area (Å²) in [5.41, 5.74) is 0. The molecule has 0 atom stereocenters. The fourth-order valence-electron chi connectivity index (χ4n) is 0. The molecule has 0 aromatic rings. The number of carboxylic acids is 1. The molecule has 0 bridgehead atoms. The first-order chi connectivity index (χ1) is 2.73. The van der Waals surface area contributed by atoms with Crippen molar-refractivity contribution in [2.75, 3.05) is 0 Å². The van der Waals surface area contributed by atoms with Crippen LogP contribution in [0.25, 0.3) is 0 Å². The van der Waals surface area contributed by atoms with Crippen molar-refractivity contribution >= 4 is 28.5 Å².